The Morgan fingerprint density at radius 3 is 2.79 bits per heavy atom. The molecule has 1 aliphatic heterocycles. The van der Waals surface area contributed by atoms with Crippen molar-refractivity contribution in [2.24, 2.45) is 15.4 Å². The van der Waals surface area contributed by atoms with Gasteiger partial charge in [-0.3, -0.25) is 19.8 Å². The molecule has 182 valence electrons. The summed E-state index contributed by atoms with van der Waals surface area (Å²) in [4.78, 5) is 13.2. The van der Waals surface area contributed by atoms with Crippen LogP contribution in [0.5, 0.6) is 0 Å². The van der Waals surface area contributed by atoms with Crippen LogP contribution in [0.25, 0.3) is 0 Å². The van der Waals surface area contributed by atoms with Gasteiger partial charge in [0.25, 0.3) is 0 Å². The zero-order valence-electron chi connectivity index (χ0n) is 19.7. The fourth-order valence-electron chi connectivity index (χ4n) is 4.82. The van der Waals surface area contributed by atoms with E-state index in [2.05, 4.69) is 62.2 Å². The van der Waals surface area contributed by atoms with Crippen molar-refractivity contribution in [2.75, 3.05) is 59.6 Å². The topological polar surface area (TPSA) is 72.7 Å². The predicted molar refractivity (Wildman–Crippen MR) is 132 cm³/mol. The lowest BCUT2D eigenvalue weighted by atomic mass is 9.60. The standard InChI is InChI=1S/C25H38FN5O2/c1-27-8-10-31(11-9-29-16-24(15-28-2)33-18-23(32)14-26)22-12-25(13-22)19-30(20-25)17-21-6-4-3-5-7-21/h3-7,15-16,22-23,27,32H,2,8-14,17-20H2,1H3/b24-15+,29-16?. The minimum atomic E-state index is -1.15. The van der Waals surface area contributed by atoms with Gasteiger partial charge in [-0.1, -0.05) is 30.3 Å². The van der Waals surface area contributed by atoms with Gasteiger partial charge in [0.05, 0.1) is 19.0 Å². The maximum Gasteiger partial charge on any atom is 0.155 e. The summed E-state index contributed by atoms with van der Waals surface area (Å²) < 4.78 is 17.8. The van der Waals surface area contributed by atoms with Crippen LogP contribution in [0.3, 0.4) is 0 Å². The van der Waals surface area contributed by atoms with E-state index < -0.39 is 12.8 Å². The molecule has 1 atom stereocenters. The summed E-state index contributed by atoms with van der Waals surface area (Å²) in [5.41, 5.74) is 1.89. The van der Waals surface area contributed by atoms with E-state index in [1.54, 1.807) is 6.21 Å². The fraction of sp³-hybridized carbons (Fsp3) is 0.600. The van der Waals surface area contributed by atoms with E-state index in [9.17, 15) is 9.50 Å². The highest BCUT2D eigenvalue weighted by molar-refractivity contribution is 5.75. The molecule has 1 aromatic carbocycles. The molecule has 2 fully saturated rings. The van der Waals surface area contributed by atoms with Gasteiger partial charge in [-0.2, -0.15) is 0 Å². The van der Waals surface area contributed by atoms with Crippen LogP contribution >= 0.6 is 0 Å². The summed E-state index contributed by atoms with van der Waals surface area (Å²) in [7, 11) is 1.98. The number of aliphatic imine (C=N–C) groups is 2. The number of likely N-dealkylation sites (tertiary alicyclic amines) is 1. The van der Waals surface area contributed by atoms with E-state index in [4.69, 9.17) is 4.74 Å². The molecule has 1 unspecified atom stereocenters. The Hall–Kier alpha value is -2.13. The van der Waals surface area contributed by atoms with Gasteiger partial charge in [0.2, 0.25) is 0 Å². The number of halogens is 1. The molecule has 2 aliphatic rings. The van der Waals surface area contributed by atoms with Crippen LogP contribution < -0.4 is 5.32 Å². The molecule has 1 spiro atoms. The number of nitrogens with zero attached hydrogens (tertiary/aromatic N) is 4. The summed E-state index contributed by atoms with van der Waals surface area (Å²) in [6.45, 7) is 9.32. The van der Waals surface area contributed by atoms with E-state index in [1.807, 2.05) is 7.05 Å². The Balaban J connectivity index is 1.41. The lowest BCUT2D eigenvalue weighted by molar-refractivity contribution is -0.111. The first-order valence-electron chi connectivity index (χ1n) is 11.7. The number of aliphatic hydroxyl groups is 1. The van der Waals surface area contributed by atoms with Crippen LogP contribution in [0.2, 0.25) is 0 Å². The third kappa shape index (κ3) is 7.71. The van der Waals surface area contributed by atoms with Gasteiger partial charge >= 0.3 is 0 Å². The van der Waals surface area contributed by atoms with E-state index in [1.165, 1.54) is 37.7 Å². The van der Waals surface area contributed by atoms with Crippen molar-refractivity contribution in [3.05, 3.63) is 47.9 Å². The van der Waals surface area contributed by atoms with Gasteiger partial charge < -0.3 is 15.2 Å². The van der Waals surface area contributed by atoms with Gasteiger partial charge in [-0.05, 0) is 37.6 Å². The fourth-order valence-corrected chi connectivity index (χ4v) is 4.82. The maximum absolute atomic E-state index is 12.4. The average Bonchev–Trinajstić information content (AvgIpc) is 2.78. The number of alkyl halides is 1. The molecular weight excluding hydrogens is 421 g/mol. The Morgan fingerprint density at radius 1 is 1.36 bits per heavy atom. The highest BCUT2D eigenvalue weighted by atomic mass is 19.1. The smallest absolute Gasteiger partial charge is 0.155 e. The van der Waals surface area contributed by atoms with Crippen LogP contribution in [-0.2, 0) is 11.3 Å². The summed E-state index contributed by atoms with van der Waals surface area (Å²) in [6.07, 6.45) is 4.35. The monoisotopic (exact) mass is 459 g/mol. The molecule has 8 heteroatoms. The van der Waals surface area contributed by atoms with Gasteiger partial charge in [-0.25, -0.2) is 4.39 Å². The van der Waals surface area contributed by atoms with Gasteiger partial charge in [-0.15, -0.1) is 0 Å². The molecule has 1 saturated carbocycles. The lowest BCUT2D eigenvalue weighted by Gasteiger charge is -2.61. The van der Waals surface area contributed by atoms with E-state index in [0.717, 1.165) is 26.2 Å². The van der Waals surface area contributed by atoms with Crippen LogP contribution in [0.15, 0.2) is 52.3 Å². The molecule has 0 bridgehead atoms. The third-order valence-electron chi connectivity index (χ3n) is 6.44. The van der Waals surface area contributed by atoms with Crippen LogP contribution in [0.4, 0.5) is 4.39 Å². The van der Waals surface area contributed by atoms with Crippen molar-refractivity contribution in [1.82, 2.24) is 15.1 Å². The molecule has 0 radical (unpaired) electrons. The second-order valence-electron chi connectivity index (χ2n) is 9.20. The summed E-state index contributed by atoms with van der Waals surface area (Å²) in [5, 5.41) is 12.6. The number of benzene rings is 1. The molecule has 0 amide bonds. The number of allylic oxidation sites excluding steroid dienone is 1. The Labute approximate surface area is 197 Å². The van der Waals surface area contributed by atoms with Crippen molar-refractivity contribution in [2.45, 2.75) is 31.5 Å². The summed E-state index contributed by atoms with van der Waals surface area (Å²) >= 11 is 0. The van der Waals surface area contributed by atoms with Crippen molar-refractivity contribution in [3.63, 3.8) is 0 Å². The second-order valence-corrected chi connectivity index (χ2v) is 9.20. The highest BCUT2D eigenvalue weighted by Gasteiger charge is 2.53. The van der Waals surface area contributed by atoms with Crippen molar-refractivity contribution < 1.29 is 14.2 Å². The molecule has 1 heterocycles. The molecule has 0 aromatic heterocycles. The molecule has 3 rings (SSSR count). The normalized spacial score (nSPS) is 19.6. The molecule has 1 aromatic rings. The molecule has 2 N–H and O–H groups in total. The minimum Gasteiger partial charge on any atom is -0.488 e. The third-order valence-corrected chi connectivity index (χ3v) is 6.44. The van der Waals surface area contributed by atoms with Gasteiger partial charge in [0, 0.05) is 45.3 Å². The number of hydrogen-bond donors (Lipinski definition) is 2. The van der Waals surface area contributed by atoms with E-state index >= 15 is 0 Å². The van der Waals surface area contributed by atoms with Crippen LogP contribution in [-0.4, -0.2) is 99.6 Å². The number of ether oxygens (including phenoxy) is 1. The number of rotatable bonds is 15. The zero-order chi connectivity index (χ0) is 23.5. The van der Waals surface area contributed by atoms with Crippen LogP contribution in [0.1, 0.15) is 18.4 Å². The largest absolute Gasteiger partial charge is 0.488 e. The SMILES string of the molecule is C=N/C=C(\C=NCCN(CCNC)C1CC2(C1)CN(Cc1ccccc1)C2)OCC(O)CF. The number of nitrogens with one attached hydrogen (secondary N) is 1. The first kappa shape index (κ1) is 25.5. The maximum atomic E-state index is 12.4. The molecule has 1 aliphatic carbocycles. The van der Waals surface area contributed by atoms with Gasteiger partial charge in [0.1, 0.15) is 19.4 Å². The number of hydrogen-bond acceptors (Lipinski definition) is 7. The highest BCUT2D eigenvalue weighted by Crippen LogP contribution is 2.50. The van der Waals surface area contributed by atoms with Crippen LogP contribution in [0, 0.1) is 5.41 Å². The molecular formula is C25H38FN5O2. The minimum absolute atomic E-state index is 0.135. The second kappa shape index (κ2) is 12.9. The van der Waals surface area contributed by atoms with Crippen molar-refractivity contribution >= 4 is 12.9 Å². The first-order chi connectivity index (χ1) is 16.1. The van der Waals surface area contributed by atoms with Crippen molar-refractivity contribution in [1.29, 1.82) is 0 Å². The number of likely N-dealkylation sites (N-methyl/N-ethyl adjacent to an activating group) is 1. The number of aliphatic hydroxyl groups excluding tert-OH is 1. The van der Waals surface area contributed by atoms with E-state index in [-0.39, 0.29) is 6.61 Å². The average molecular weight is 460 g/mol. The Kier molecular flexibility index (Phi) is 9.99. The zero-order valence-corrected chi connectivity index (χ0v) is 19.7. The van der Waals surface area contributed by atoms with Crippen molar-refractivity contribution in [3.8, 4) is 0 Å². The quantitative estimate of drug-likeness (QED) is 0.311. The summed E-state index contributed by atoms with van der Waals surface area (Å²) in [6, 6.07) is 11.3. The predicted octanol–water partition coefficient (Wildman–Crippen LogP) is 2.13. The Morgan fingerprint density at radius 2 is 2.12 bits per heavy atom. The molecule has 1 saturated heterocycles. The first-order valence-corrected chi connectivity index (χ1v) is 11.7. The Bertz CT molecular complexity index is 774. The van der Waals surface area contributed by atoms with Gasteiger partial charge in [0.15, 0.2) is 5.76 Å². The van der Waals surface area contributed by atoms with E-state index in [0.29, 0.717) is 23.8 Å². The molecule has 7 nitrogen and oxygen atoms in total. The lowest BCUT2D eigenvalue weighted by Crippen LogP contribution is -2.66. The summed E-state index contributed by atoms with van der Waals surface area (Å²) in [5.74, 6) is 0.370. The molecule has 33 heavy (non-hydrogen) atoms.